The lowest BCUT2D eigenvalue weighted by atomic mass is 9.76. The maximum atomic E-state index is 12.1. The molecular weight excluding hydrogens is 456 g/mol. The molecule has 1 rings (SSSR count). The van der Waals surface area contributed by atoms with E-state index in [9.17, 15) is 4.79 Å². The van der Waals surface area contributed by atoms with Gasteiger partial charge in [0.15, 0.2) is 5.78 Å². The molecule has 88 valence electrons. The molecule has 0 aromatic rings. The highest BCUT2D eigenvalue weighted by Crippen LogP contribution is 2.46. The topological polar surface area (TPSA) is 17.1 Å². The molecular formula is C10H14Br4O. The third-order valence-corrected chi connectivity index (χ3v) is 7.70. The van der Waals surface area contributed by atoms with Gasteiger partial charge in [-0.1, -0.05) is 63.7 Å². The standard InChI is InChI=1S/C10H14Br4O/c1-9(13)4-3-6(7(12)8(9)15)10(2,14)5-11/h6-7H,3-5H2,1-2H3/t6-,7+,9+,10+/m1/s1. The van der Waals surface area contributed by atoms with Crippen LogP contribution in [0.25, 0.3) is 0 Å². The van der Waals surface area contributed by atoms with E-state index in [-0.39, 0.29) is 19.3 Å². The molecule has 0 aromatic carbocycles. The Labute approximate surface area is 125 Å². The third kappa shape index (κ3) is 3.08. The molecule has 0 saturated heterocycles. The van der Waals surface area contributed by atoms with Gasteiger partial charge in [-0.2, -0.15) is 0 Å². The lowest BCUT2D eigenvalue weighted by molar-refractivity contribution is -0.122. The molecule has 0 heterocycles. The molecule has 0 aromatic heterocycles. The van der Waals surface area contributed by atoms with Gasteiger partial charge in [0.25, 0.3) is 0 Å². The summed E-state index contributed by atoms with van der Waals surface area (Å²) in [5, 5.41) is 0.846. The van der Waals surface area contributed by atoms with Gasteiger partial charge in [0, 0.05) is 9.65 Å². The van der Waals surface area contributed by atoms with Crippen molar-refractivity contribution in [1.82, 2.24) is 0 Å². The van der Waals surface area contributed by atoms with Crippen LogP contribution >= 0.6 is 63.7 Å². The molecule has 0 aliphatic heterocycles. The largest absolute Gasteiger partial charge is 0.297 e. The predicted molar refractivity (Wildman–Crippen MR) is 78.9 cm³/mol. The number of halogens is 4. The Morgan fingerprint density at radius 3 is 2.60 bits per heavy atom. The Morgan fingerprint density at radius 2 is 2.13 bits per heavy atom. The maximum Gasteiger partial charge on any atom is 0.163 e. The molecule has 0 spiro atoms. The molecule has 0 radical (unpaired) electrons. The van der Waals surface area contributed by atoms with Crippen molar-refractivity contribution < 1.29 is 4.79 Å². The normalized spacial score (nSPS) is 41.3. The second kappa shape index (κ2) is 5.07. The molecule has 4 atom stereocenters. The van der Waals surface area contributed by atoms with Crippen LogP contribution in [-0.4, -0.2) is 24.6 Å². The smallest absolute Gasteiger partial charge is 0.163 e. The van der Waals surface area contributed by atoms with Crippen LogP contribution in [0.15, 0.2) is 0 Å². The van der Waals surface area contributed by atoms with Gasteiger partial charge in [-0.3, -0.25) is 4.79 Å². The molecule has 1 fully saturated rings. The third-order valence-electron chi connectivity index (χ3n) is 3.08. The first-order valence-corrected chi connectivity index (χ1v) is 8.47. The summed E-state index contributed by atoms with van der Waals surface area (Å²) in [6.45, 7) is 4.09. The van der Waals surface area contributed by atoms with E-state index in [0.29, 0.717) is 5.92 Å². The minimum absolute atomic E-state index is 0.0275. The highest BCUT2D eigenvalue weighted by atomic mass is 79.9. The van der Waals surface area contributed by atoms with E-state index >= 15 is 0 Å². The molecule has 0 amide bonds. The van der Waals surface area contributed by atoms with Gasteiger partial charge in [-0.05, 0) is 32.6 Å². The van der Waals surface area contributed by atoms with Crippen LogP contribution in [0.2, 0.25) is 0 Å². The quantitative estimate of drug-likeness (QED) is 0.547. The van der Waals surface area contributed by atoms with Crippen LogP contribution in [0.1, 0.15) is 26.7 Å². The van der Waals surface area contributed by atoms with E-state index < -0.39 is 0 Å². The van der Waals surface area contributed by atoms with Crippen molar-refractivity contribution >= 4 is 69.5 Å². The predicted octanol–water partition coefficient (Wildman–Crippen LogP) is 4.43. The van der Waals surface area contributed by atoms with Crippen molar-refractivity contribution in [1.29, 1.82) is 0 Å². The van der Waals surface area contributed by atoms with Gasteiger partial charge < -0.3 is 0 Å². The van der Waals surface area contributed by atoms with Crippen molar-refractivity contribution in [2.24, 2.45) is 5.92 Å². The van der Waals surface area contributed by atoms with E-state index in [0.717, 1.165) is 18.2 Å². The molecule has 5 heteroatoms. The number of Topliss-reactive ketones (excluding diaryl/α,β-unsaturated/α-hetero) is 1. The molecule has 0 bridgehead atoms. The van der Waals surface area contributed by atoms with E-state index in [1.165, 1.54) is 0 Å². The first kappa shape index (κ1) is 14.7. The zero-order chi connectivity index (χ0) is 11.9. The van der Waals surface area contributed by atoms with E-state index in [1.54, 1.807) is 0 Å². The van der Waals surface area contributed by atoms with Gasteiger partial charge >= 0.3 is 0 Å². The lowest BCUT2D eigenvalue weighted by Crippen LogP contribution is -2.50. The highest BCUT2D eigenvalue weighted by Gasteiger charge is 2.48. The summed E-state index contributed by atoms with van der Waals surface area (Å²) in [6.07, 6.45) is 1.93. The van der Waals surface area contributed by atoms with Crippen LogP contribution in [0.5, 0.6) is 0 Å². The van der Waals surface area contributed by atoms with Crippen LogP contribution in [0, 0.1) is 5.92 Å². The van der Waals surface area contributed by atoms with Gasteiger partial charge in [0.1, 0.15) is 0 Å². The summed E-state index contributed by atoms with van der Waals surface area (Å²) in [5.41, 5.74) is 0. The van der Waals surface area contributed by atoms with Crippen molar-refractivity contribution in [3.8, 4) is 0 Å². The molecule has 1 aliphatic carbocycles. The number of alkyl halides is 4. The summed E-state index contributed by atoms with van der Waals surface area (Å²) >= 11 is 14.2. The summed E-state index contributed by atoms with van der Waals surface area (Å²) in [5.74, 6) is 0.584. The fourth-order valence-corrected chi connectivity index (χ4v) is 5.27. The fraction of sp³-hybridized carbons (Fsp3) is 0.900. The van der Waals surface area contributed by atoms with E-state index in [1.807, 2.05) is 6.92 Å². The number of carbonyl (C=O) groups excluding carboxylic acids is 1. The summed E-state index contributed by atoms with van der Waals surface area (Å²) in [7, 11) is 0. The van der Waals surface area contributed by atoms with Crippen LogP contribution in [-0.2, 0) is 4.79 Å². The molecule has 1 saturated carbocycles. The number of rotatable bonds is 2. The van der Waals surface area contributed by atoms with Crippen LogP contribution in [0.3, 0.4) is 0 Å². The maximum absolute atomic E-state index is 12.1. The average Bonchev–Trinajstić information content (AvgIpc) is 2.14. The van der Waals surface area contributed by atoms with Gasteiger partial charge in [-0.15, -0.1) is 0 Å². The zero-order valence-corrected chi connectivity index (χ0v) is 15.0. The number of carbonyl (C=O) groups is 1. The Morgan fingerprint density at radius 1 is 1.60 bits per heavy atom. The summed E-state index contributed by atoms with van der Waals surface area (Å²) in [6, 6.07) is 0. The first-order valence-electron chi connectivity index (χ1n) is 4.84. The molecule has 15 heavy (non-hydrogen) atoms. The second-order valence-corrected chi connectivity index (χ2v) is 9.63. The second-order valence-electron chi connectivity index (χ2n) is 4.52. The minimum atomic E-state index is -0.354. The SMILES string of the molecule is C[C@]1(Br)CC[C@@H]([C@@](C)(Br)CBr)[C@H](Br)C1=O. The molecule has 1 nitrogen and oxygen atoms in total. The monoisotopic (exact) mass is 466 g/mol. The molecule has 0 unspecified atom stereocenters. The Bertz CT molecular complexity index is 262. The summed E-state index contributed by atoms with van der Waals surface area (Å²) < 4.78 is -0.382. The number of hydrogen-bond acceptors (Lipinski definition) is 1. The highest BCUT2D eigenvalue weighted by molar-refractivity contribution is 9.12. The molecule has 0 N–H and O–H groups in total. The first-order chi connectivity index (χ1) is 6.72. The number of hydrogen-bond donors (Lipinski definition) is 0. The van der Waals surface area contributed by atoms with Crippen LogP contribution < -0.4 is 0 Å². The Balaban J connectivity index is 2.86. The number of ketones is 1. The summed E-state index contributed by atoms with van der Waals surface area (Å²) in [4.78, 5) is 12.0. The van der Waals surface area contributed by atoms with E-state index in [2.05, 4.69) is 70.6 Å². The average molecular weight is 470 g/mol. The molecule has 1 aliphatic rings. The lowest BCUT2D eigenvalue weighted by Gasteiger charge is -2.41. The Hall–Kier alpha value is 1.59. The van der Waals surface area contributed by atoms with E-state index in [4.69, 9.17) is 0 Å². The van der Waals surface area contributed by atoms with Crippen molar-refractivity contribution in [2.75, 3.05) is 5.33 Å². The van der Waals surface area contributed by atoms with Crippen LogP contribution in [0.4, 0.5) is 0 Å². The van der Waals surface area contributed by atoms with Gasteiger partial charge in [0.2, 0.25) is 0 Å². The van der Waals surface area contributed by atoms with Crippen molar-refractivity contribution in [3.05, 3.63) is 0 Å². The van der Waals surface area contributed by atoms with Crippen molar-refractivity contribution in [3.63, 3.8) is 0 Å². The van der Waals surface area contributed by atoms with Crippen molar-refractivity contribution in [2.45, 2.75) is 40.2 Å². The minimum Gasteiger partial charge on any atom is -0.297 e. The Kier molecular flexibility index (Phi) is 4.95. The van der Waals surface area contributed by atoms with Gasteiger partial charge in [-0.25, -0.2) is 0 Å². The zero-order valence-electron chi connectivity index (χ0n) is 8.70. The fourth-order valence-electron chi connectivity index (χ4n) is 1.87. The van der Waals surface area contributed by atoms with Gasteiger partial charge in [0.05, 0.1) is 9.15 Å².